The molecule has 0 aromatic carbocycles. The maximum absolute atomic E-state index is 10.2. The highest BCUT2D eigenvalue weighted by Crippen LogP contribution is 2.10. The predicted molar refractivity (Wildman–Crippen MR) is 121 cm³/mol. The van der Waals surface area contributed by atoms with Crippen molar-refractivity contribution in [2.45, 2.75) is 104 Å². The summed E-state index contributed by atoms with van der Waals surface area (Å²) in [6, 6.07) is 0. The molecule has 0 radical (unpaired) electrons. The molecule has 0 aromatic heterocycles. The van der Waals surface area contributed by atoms with Gasteiger partial charge in [0, 0.05) is 6.54 Å². The summed E-state index contributed by atoms with van der Waals surface area (Å²) in [5, 5.41) is 29.6. The number of allylic oxidation sites excluding steroid dienone is 2. The molecule has 0 aliphatic carbocycles. The van der Waals surface area contributed by atoms with Crippen molar-refractivity contribution in [1.82, 2.24) is 4.90 Å². The Morgan fingerprint density at radius 3 is 1.43 bits per heavy atom. The Kier molecular flexibility index (Phi) is 20.0. The van der Waals surface area contributed by atoms with Crippen LogP contribution in [-0.4, -0.2) is 46.5 Å². The zero-order valence-electron chi connectivity index (χ0n) is 18.7. The minimum absolute atomic E-state index is 0.0232. The number of unbranched alkanes of at least 4 members (excludes halogenated alkanes) is 12. The van der Waals surface area contributed by atoms with E-state index in [-0.39, 0.29) is 6.61 Å². The largest absolute Gasteiger partial charge is 0.511 e. The third kappa shape index (κ3) is 18.4. The average molecular weight is 398 g/mol. The van der Waals surface area contributed by atoms with Gasteiger partial charge in [0.1, 0.15) is 11.5 Å². The first-order valence-corrected chi connectivity index (χ1v) is 11.7. The van der Waals surface area contributed by atoms with Gasteiger partial charge in [-0.3, -0.25) is 4.90 Å². The molecule has 0 saturated carbocycles. The van der Waals surface area contributed by atoms with Gasteiger partial charge < -0.3 is 15.3 Å². The summed E-state index contributed by atoms with van der Waals surface area (Å²) in [4.78, 5) is 1.89. The molecule has 0 spiro atoms. The fourth-order valence-corrected chi connectivity index (χ4v) is 3.33. The Morgan fingerprint density at radius 2 is 1.04 bits per heavy atom. The number of hydrogen-bond donors (Lipinski definition) is 3. The Morgan fingerprint density at radius 1 is 0.643 bits per heavy atom. The number of nitrogens with zero attached hydrogens (tertiary/aromatic N) is 1. The summed E-state index contributed by atoms with van der Waals surface area (Å²) in [6.07, 6.45) is 20.5. The lowest BCUT2D eigenvalue weighted by molar-refractivity contribution is 0.182. The smallest absolute Gasteiger partial charge is 0.102 e. The van der Waals surface area contributed by atoms with Crippen molar-refractivity contribution < 1.29 is 15.3 Å². The lowest BCUT2D eigenvalue weighted by atomic mass is 10.1. The molecule has 4 nitrogen and oxygen atoms in total. The van der Waals surface area contributed by atoms with Gasteiger partial charge >= 0.3 is 0 Å². The highest BCUT2D eigenvalue weighted by Gasteiger charge is 2.09. The Hall–Kier alpha value is -1.00. The molecule has 28 heavy (non-hydrogen) atoms. The van der Waals surface area contributed by atoms with Crippen LogP contribution in [-0.2, 0) is 0 Å². The molecule has 0 aromatic rings. The lowest BCUT2D eigenvalue weighted by Gasteiger charge is -2.20. The van der Waals surface area contributed by atoms with Gasteiger partial charge in [-0.15, -0.1) is 0 Å². The molecule has 166 valence electrons. The van der Waals surface area contributed by atoms with Crippen LogP contribution in [0.3, 0.4) is 0 Å². The molecule has 0 atom stereocenters. The molecular formula is C24H47NO3. The number of hydrogen-bond acceptors (Lipinski definition) is 4. The monoisotopic (exact) mass is 397 g/mol. The molecule has 0 saturated heterocycles. The van der Waals surface area contributed by atoms with E-state index in [4.69, 9.17) is 0 Å². The Bertz CT molecular complexity index is 359. The SMILES string of the molecule is CCCCCCCC/C=C(\O)CN(CCO)C/C(O)=C/CCCCCCCC. The summed E-state index contributed by atoms with van der Waals surface area (Å²) in [5.74, 6) is 0.677. The van der Waals surface area contributed by atoms with Gasteiger partial charge in [0.15, 0.2) is 0 Å². The van der Waals surface area contributed by atoms with E-state index in [1.165, 1.54) is 64.2 Å². The van der Waals surface area contributed by atoms with Crippen molar-refractivity contribution in [2.75, 3.05) is 26.2 Å². The van der Waals surface area contributed by atoms with Crippen LogP contribution in [0, 0.1) is 0 Å². The first-order chi connectivity index (χ1) is 13.6. The van der Waals surface area contributed by atoms with E-state index in [0.717, 1.165) is 25.7 Å². The lowest BCUT2D eigenvalue weighted by Crippen LogP contribution is -2.31. The first-order valence-electron chi connectivity index (χ1n) is 11.7. The van der Waals surface area contributed by atoms with E-state index in [1.54, 1.807) is 0 Å². The van der Waals surface area contributed by atoms with Crippen LogP contribution in [0.2, 0.25) is 0 Å². The normalized spacial score (nSPS) is 12.9. The molecule has 4 heteroatoms. The first kappa shape index (κ1) is 27.0. The summed E-state index contributed by atoms with van der Waals surface area (Å²) in [7, 11) is 0. The Balaban J connectivity index is 4.06. The van der Waals surface area contributed by atoms with Gasteiger partial charge in [0.2, 0.25) is 0 Å². The van der Waals surface area contributed by atoms with Crippen LogP contribution < -0.4 is 0 Å². The molecule has 0 bridgehead atoms. The molecule has 0 aliphatic heterocycles. The van der Waals surface area contributed by atoms with E-state index < -0.39 is 0 Å². The van der Waals surface area contributed by atoms with E-state index in [1.807, 2.05) is 17.1 Å². The van der Waals surface area contributed by atoms with Gasteiger partial charge in [-0.25, -0.2) is 0 Å². The summed E-state index contributed by atoms with van der Waals surface area (Å²) in [6.45, 7) is 5.68. The summed E-state index contributed by atoms with van der Waals surface area (Å²) >= 11 is 0. The molecule has 0 heterocycles. The van der Waals surface area contributed by atoms with Crippen LogP contribution in [0.15, 0.2) is 23.7 Å². The maximum atomic E-state index is 10.2. The minimum Gasteiger partial charge on any atom is -0.511 e. The number of rotatable bonds is 20. The van der Waals surface area contributed by atoms with Gasteiger partial charge in [0.05, 0.1) is 19.7 Å². The highest BCUT2D eigenvalue weighted by molar-refractivity contribution is 4.98. The quantitative estimate of drug-likeness (QED) is 0.159. The second kappa shape index (κ2) is 20.7. The van der Waals surface area contributed by atoms with E-state index in [0.29, 0.717) is 31.2 Å². The van der Waals surface area contributed by atoms with Gasteiger partial charge in [0.25, 0.3) is 0 Å². The molecule has 0 unspecified atom stereocenters. The molecule has 0 rings (SSSR count). The number of aliphatic hydroxyl groups is 3. The Labute approximate surface area is 174 Å². The van der Waals surface area contributed by atoms with E-state index in [9.17, 15) is 15.3 Å². The van der Waals surface area contributed by atoms with Crippen LogP contribution >= 0.6 is 0 Å². The third-order valence-electron chi connectivity index (χ3n) is 5.06. The molecule has 3 N–H and O–H groups in total. The van der Waals surface area contributed by atoms with Crippen LogP contribution in [0.4, 0.5) is 0 Å². The average Bonchev–Trinajstić information content (AvgIpc) is 2.66. The standard InChI is InChI=1S/C24H47NO3/c1-3-5-7-9-11-13-15-17-23(27)21-25(19-20-26)22-24(28)18-16-14-12-10-8-6-4-2/h17-18,26-28H,3-16,19-22H2,1-2H3/b23-17-,24-18-. The van der Waals surface area contributed by atoms with Crippen LogP contribution in [0.5, 0.6) is 0 Å². The van der Waals surface area contributed by atoms with E-state index in [2.05, 4.69) is 13.8 Å². The zero-order valence-corrected chi connectivity index (χ0v) is 18.7. The van der Waals surface area contributed by atoms with Crippen molar-refractivity contribution in [3.05, 3.63) is 23.7 Å². The topological polar surface area (TPSA) is 63.9 Å². The number of aliphatic hydroxyl groups excluding tert-OH is 3. The molecule has 0 fully saturated rings. The van der Waals surface area contributed by atoms with Crippen molar-refractivity contribution in [3.8, 4) is 0 Å². The van der Waals surface area contributed by atoms with Gasteiger partial charge in [-0.05, 0) is 37.8 Å². The van der Waals surface area contributed by atoms with E-state index >= 15 is 0 Å². The summed E-state index contributed by atoms with van der Waals surface area (Å²) < 4.78 is 0. The van der Waals surface area contributed by atoms with Crippen molar-refractivity contribution >= 4 is 0 Å². The van der Waals surface area contributed by atoms with Gasteiger partial charge in [-0.2, -0.15) is 0 Å². The second-order valence-corrected chi connectivity index (χ2v) is 7.94. The third-order valence-corrected chi connectivity index (χ3v) is 5.06. The zero-order chi connectivity index (χ0) is 20.9. The van der Waals surface area contributed by atoms with Gasteiger partial charge in [-0.1, -0.05) is 78.1 Å². The second-order valence-electron chi connectivity index (χ2n) is 7.94. The molecule has 0 aliphatic rings. The highest BCUT2D eigenvalue weighted by atomic mass is 16.3. The van der Waals surface area contributed by atoms with Crippen LogP contribution in [0.25, 0.3) is 0 Å². The molecule has 0 amide bonds. The van der Waals surface area contributed by atoms with Crippen molar-refractivity contribution in [2.24, 2.45) is 0 Å². The molecular weight excluding hydrogens is 350 g/mol. The van der Waals surface area contributed by atoms with Crippen LogP contribution in [0.1, 0.15) is 104 Å². The predicted octanol–water partition coefficient (Wildman–Crippen LogP) is 6.67. The minimum atomic E-state index is 0.0232. The fourth-order valence-electron chi connectivity index (χ4n) is 3.33. The summed E-state index contributed by atoms with van der Waals surface area (Å²) in [5.41, 5.74) is 0. The van der Waals surface area contributed by atoms with Crippen molar-refractivity contribution in [3.63, 3.8) is 0 Å². The van der Waals surface area contributed by atoms with Crippen molar-refractivity contribution in [1.29, 1.82) is 0 Å². The fraction of sp³-hybridized carbons (Fsp3) is 0.833. The maximum Gasteiger partial charge on any atom is 0.102 e.